The van der Waals surface area contributed by atoms with Crippen LogP contribution in [-0.2, 0) is 0 Å². The molecule has 0 aliphatic heterocycles. The third kappa shape index (κ3) is 10.5. The molecule has 3 aliphatic rings. The number of aliphatic imine (C=N–C) groups is 4. The van der Waals surface area contributed by atoms with Crippen molar-refractivity contribution in [3.63, 3.8) is 0 Å². The third-order valence-corrected chi connectivity index (χ3v) is 9.54. The summed E-state index contributed by atoms with van der Waals surface area (Å²) in [4.78, 5) is 19.3. The van der Waals surface area contributed by atoms with E-state index in [9.17, 15) is 0 Å². The highest BCUT2D eigenvalue weighted by Gasteiger charge is 2.42. The van der Waals surface area contributed by atoms with Crippen LogP contribution in [0.1, 0.15) is 120 Å². The average Bonchev–Trinajstić information content (AvgIpc) is 2.71. The minimum Gasteiger partial charge on any atom is -0.328 e. The van der Waals surface area contributed by atoms with Crippen molar-refractivity contribution in [2.75, 3.05) is 19.6 Å². The van der Waals surface area contributed by atoms with Crippen molar-refractivity contribution in [2.24, 2.45) is 63.9 Å². The van der Waals surface area contributed by atoms with Gasteiger partial charge < -0.3 is 11.5 Å². The van der Waals surface area contributed by atoms with Crippen molar-refractivity contribution in [2.45, 2.75) is 138 Å². The Balaban J connectivity index is 1.50. The van der Waals surface area contributed by atoms with Crippen molar-refractivity contribution in [1.29, 1.82) is 0 Å². The predicted octanol–water partition coefficient (Wildman–Crippen LogP) is 6.94. The monoisotopic (exact) mass is 555 g/mol. The molecular weight excluding hydrogens is 492 g/mol. The fraction of sp³-hybridized carbons (Fsp3) is 0.882. The Morgan fingerprint density at radius 2 is 0.850 bits per heavy atom. The Kier molecular flexibility index (Phi) is 10.3. The molecule has 40 heavy (non-hydrogen) atoms. The first-order chi connectivity index (χ1) is 18.3. The predicted molar refractivity (Wildman–Crippen MR) is 176 cm³/mol. The SMILES string of the molecule is CC1(C)CC(N)CC(C)(CN=CC=NCC2(C)CC(N=CC=NCC3(C)CC(N)CC(C)(C)C3)CC(C)(C)C2)C1. The van der Waals surface area contributed by atoms with Crippen LogP contribution in [0, 0.1) is 32.5 Å². The van der Waals surface area contributed by atoms with E-state index in [4.69, 9.17) is 31.4 Å². The Bertz CT molecular complexity index is 961. The van der Waals surface area contributed by atoms with Crippen LogP contribution in [0.5, 0.6) is 0 Å². The van der Waals surface area contributed by atoms with Crippen molar-refractivity contribution in [3.8, 4) is 0 Å². The van der Waals surface area contributed by atoms with Crippen molar-refractivity contribution in [1.82, 2.24) is 0 Å². The lowest BCUT2D eigenvalue weighted by Crippen LogP contribution is -2.43. The van der Waals surface area contributed by atoms with Crippen LogP contribution in [0.2, 0.25) is 0 Å². The molecule has 0 aromatic heterocycles. The molecule has 3 aliphatic carbocycles. The molecule has 0 bridgehead atoms. The fourth-order valence-electron chi connectivity index (χ4n) is 9.60. The topological polar surface area (TPSA) is 101 Å². The third-order valence-electron chi connectivity index (χ3n) is 9.54. The fourth-order valence-corrected chi connectivity index (χ4v) is 9.60. The lowest BCUT2D eigenvalue weighted by Gasteiger charge is -2.45. The van der Waals surface area contributed by atoms with E-state index >= 15 is 0 Å². The highest BCUT2D eigenvalue weighted by Crippen LogP contribution is 2.48. The quantitative estimate of drug-likeness (QED) is 0.302. The van der Waals surface area contributed by atoms with Gasteiger partial charge in [0, 0.05) is 56.6 Å². The van der Waals surface area contributed by atoms with Gasteiger partial charge in [-0.2, -0.15) is 0 Å². The number of hydrogen-bond donors (Lipinski definition) is 2. The van der Waals surface area contributed by atoms with Crippen LogP contribution in [0.4, 0.5) is 0 Å². The number of rotatable bonds is 9. The van der Waals surface area contributed by atoms with E-state index in [0.29, 0.717) is 16.9 Å². The van der Waals surface area contributed by atoms with Crippen molar-refractivity contribution in [3.05, 3.63) is 0 Å². The number of hydrogen-bond acceptors (Lipinski definition) is 6. The molecule has 0 amide bonds. The van der Waals surface area contributed by atoms with Gasteiger partial charge in [-0.05, 0) is 90.3 Å². The summed E-state index contributed by atoms with van der Waals surface area (Å²) in [5.41, 5.74) is 14.1. The van der Waals surface area contributed by atoms with E-state index in [1.807, 2.05) is 24.9 Å². The average molecular weight is 555 g/mol. The standard InChI is InChI=1S/C34H62N6/c1-29(2)14-26(35)16-32(7,20-29)23-37-10-11-38-25-34(9)19-28(18-31(5,6)22-34)40-13-12-39-24-33(8)17-27(36)15-30(3,4)21-33/h10-13,26-28H,14-25,35-36H2,1-9H3. The number of nitrogens with zero attached hydrogens (tertiary/aromatic N) is 4. The summed E-state index contributed by atoms with van der Waals surface area (Å²) in [6.07, 6.45) is 17.7. The molecular formula is C34H62N6. The summed E-state index contributed by atoms with van der Waals surface area (Å²) < 4.78 is 0. The number of nitrogens with two attached hydrogens (primary N) is 2. The lowest BCUT2D eigenvalue weighted by atomic mass is 9.63. The van der Waals surface area contributed by atoms with Gasteiger partial charge in [-0.15, -0.1) is 0 Å². The van der Waals surface area contributed by atoms with E-state index < -0.39 is 0 Å². The molecule has 0 aromatic rings. The van der Waals surface area contributed by atoms with Gasteiger partial charge >= 0.3 is 0 Å². The summed E-state index contributed by atoms with van der Waals surface area (Å²) in [5, 5.41) is 0. The second kappa shape index (κ2) is 12.5. The maximum absolute atomic E-state index is 6.37. The van der Waals surface area contributed by atoms with Gasteiger partial charge in [-0.1, -0.05) is 62.3 Å². The van der Waals surface area contributed by atoms with Crippen LogP contribution >= 0.6 is 0 Å². The summed E-state index contributed by atoms with van der Waals surface area (Å²) in [6.45, 7) is 23.6. The van der Waals surface area contributed by atoms with Gasteiger partial charge in [-0.25, -0.2) is 0 Å². The molecule has 6 nitrogen and oxygen atoms in total. The molecule has 0 heterocycles. The van der Waals surface area contributed by atoms with Gasteiger partial charge in [0.15, 0.2) is 0 Å². The second-order valence-electron chi connectivity index (χ2n) is 17.6. The highest BCUT2D eigenvalue weighted by atomic mass is 14.8. The maximum atomic E-state index is 6.37. The van der Waals surface area contributed by atoms with Gasteiger partial charge in [0.1, 0.15) is 0 Å². The Morgan fingerprint density at radius 3 is 1.25 bits per heavy atom. The minimum atomic E-state index is 0.134. The van der Waals surface area contributed by atoms with Crippen molar-refractivity contribution >= 4 is 24.9 Å². The molecule has 3 saturated carbocycles. The van der Waals surface area contributed by atoms with Crippen LogP contribution in [0.25, 0.3) is 0 Å². The van der Waals surface area contributed by atoms with Crippen LogP contribution in [0.15, 0.2) is 20.0 Å². The van der Waals surface area contributed by atoms with Crippen molar-refractivity contribution < 1.29 is 0 Å². The summed E-state index contributed by atoms with van der Waals surface area (Å²) in [6, 6.07) is 0.862. The van der Waals surface area contributed by atoms with Gasteiger partial charge in [0.2, 0.25) is 0 Å². The molecule has 6 unspecified atom stereocenters. The molecule has 0 spiro atoms. The molecule has 4 N–H and O–H groups in total. The zero-order valence-corrected chi connectivity index (χ0v) is 27.5. The van der Waals surface area contributed by atoms with Gasteiger partial charge in [0.05, 0.1) is 6.04 Å². The van der Waals surface area contributed by atoms with E-state index in [1.54, 1.807) is 0 Å². The Hall–Kier alpha value is -1.40. The molecule has 228 valence electrons. The first-order valence-corrected chi connectivity index (χ1v) is 15.8. The van der Waals surface area contributed by atoms with E-state index in [0.717, 1.165) is 64.6 Å². The van der Waals surface area contributed by atoms with E-state index in [1.165, 1.54) is 12.8 Å². The highest BCUT2D eigenvalue weighted by molar-refractivity contribution is 6.16. The molecule has 3 rings (SSSR count). The molecule has 0 aromatic carbocycles. The van der Waals surface area contributed by atoms with Crippen LogP contribution in [0.3, 0.4) is 0 Å². The van der Waals surface area contributed by atoms with E-state index in [2.05, 4.69) is 62.3 Å². The summed E-state index contributed by atoms with van der Waals surface area (Å²) in [7, 11) is 0. The van der Waals surface area contributed by atoms with Gasteiger partial charge in [0.25, 0.3) is 0 Å². The van der Waals surface area contributed by atoms with Crippen LogP contribution < -0.4 is 11.5 Å². The van der Waals surface area contributed by atoms with Gasteiger partial charge in [-0.3, -0.25) is 20.0 Å². The first kappa shape index (κ1) is 33.1. The smallest absolute Gasteiger partial charge is 0.0511 e. The largest absolute Gasteiger partial charge is 0.328 e. The second-order valence-corrected chi connectivity index (χ2v) is 17.6. The Morgan fingerprint density at radius 1 is 0.500 bits per heavy atom. The molecule has 0 radical (unpaired) electrons. The zero-order valence-electron chi connectivity index (χ0n) is 27.5. The molecule has 6 heteroatoms. The summed E-state index contributed by atoms with van der Waals surface area (Å²) >= 11 is 0. The molecule has 3 fully saturated rings. The molecule has 6 atom stereocenters. The maximum Gasteiger partial charge on any atom is 0.0511 e. The zero-order chi connectivity index (χ0) is 29.9. The van der Waals surface area contributed by atoms with E-state index in [-0.39, 0.29) is 33.7 Å². The summed E-state index contributed by atoms with van der Waals surface area (Å²) in [5.74, 6) is 0. The minimum absolute atomic E-state index is 0.134. The Labute approximate surface area is 246 Å². The van der Waals surface area contributed by atoms with Crippen LogP contribution in [-0.4, -0.2) is 62.6 Å². The first-order valence-electron chi connectivity index (χ1n) is 15.8. The normalized spacial score (nSPS) is 40.0. The molecule has 0 saturated heterocycles. The lowest BCUT2D eigenvalue weighted by molar-refractivity contribution is 0.0905.